The van der Waals surface area contributed by atoms with Gasteiger partial charge in [-0.05, 0) is 31.8 Å². The third-order valence-corrected chi connectivity index (χ3v) is 3.35. The Morgan fingerprint density at radius 1 is 1.56 bits per heavy atom. The molecule has 0 bridgehead atoms. The first-order chi connectivity index (χ1) is 7.79. The van der Waals surface area contributed by atoms with Gasteiger partial charge in [0.25, 0.3) is 0 Å². The Bertz CT molecular complexity index is 318. The number of hydrogen-bond donors (Lipinski definition) is 2. The maximum absolute atomic E-state index is 5.61. The van der Waals surface area contributed by atoms with Crippen LogP contribution in [0, 0.1) is 5.92 Å². The second-order valence-corrected chi connectivity index (χ2v) is 4.70. The highest BCUT2D eigenvalue weighted by Crippen LogP contribution is 2.19. The van der Waals surface area contributed by atoms with E-state index < -0.39 is 0 Å². The molecule has 2 rings (SSSR count). The Labute approximate surface area is 96.6 Å². The first kappa shape index (κ1) is 11.6. The monoisotopic (exact) mass is 223 g/mol. The number of hydrogen-bond acceptors (Lipinski definition) is 4. The zero-order chi connectivity index (χ0) is 11.4. The average molecular weight is 223 g/mol. The van der Waals surface area contributed by atoms with Crippen molar-refractivity contribution < 1.29 is 4.42 Å². The standard InChI is InChI=1S/C12H21N3O/c1-9(7-13)11-8-16-12(15-11)6-10-2-4-14-5-3-10/h8-10,14H,2-7,13H2,1H3. The van der Waals surface area contributed by atoms with Crippen LogP contribution in [0.3, 0.4) is 0 Å². The predicted molar refractivity (Wildman–Crippen MR) is 63.3 cm³/mol. The minimum absolute atomic E-state index is 0.297. The Balaban J connectivity index is 1.91. The van der Waals surface area contributed by atoms with Gasteiger partial charge in [-0.15, -0.1) is 0 Å². The van der Waals surface area contributed by atoms with Crippen LogP contribution in [0.15, 0.2) is 10.7 Å². The molecular formula is C12H21N3O. The average Bonchev–Trinajstić information content (AvgIpc) is 2.78. The fourth-order valence-electron chi connectivity index (χ4n) is 2.10. The van der Waals surface area contributed by atoms with E-state index in [1.807, 2.05) is 0 Å². The number of oxazole rings is 1. The van der Waals surface area contributed by atoms with Gasteiger partial charge in [0.1, 0.15) is 6.26 Å². The van der Waals surface area contributed by atoms with Gasteiger partial charge in [0.05, 0.1) is 5.69 Å². The molecule has 0 aliphatic carbocycles. The van der Waals surface area contributed by atoms with E-state index in [1.165, 1.54) is 12.8 Å². The zero-order valence-corrected chi connectivity index (χ0v) is 9.91. The lowest BCUT2D eigenvalue weighted by molar-refractivity contribution is 0.341. The third-order valence-electron chi connectivity index (χ3n) is 3.35. The summed E-state index contributed by atoms with van der Waals surface area (Å²) < 4.78 is 5.50. The van der Waals surface area contributed by atoms with Crippen molar-refractivity contribution in [2.75, 3.05) is 19.6 Å². The van der Waals surface area contributed by atoms with E-state index in [9.17, 15) is 0 Å². The Hall–Kier alpha value is -0.870. The van der Waals surface area contributed by atoms with Gasteiger partial charge >= 0.3 is 0 Å². The summed E-state index contributed by atoms with van der Waals surface area (Å²) in [4.78, 5) is 4.51. The molecule has 4 nitrogen and oxygen atoms in total. The highest BCUT2D eigenvalue weighted by atomic mass is 16.3. The summed E-state index contributed by atoms with van der Waals surface area (Å²) in [6.45, 7) is 4.94. The molecule has 0 saturated carbocycles. The number of aromatic nitrogens is 1. The topological polar surface area (TPSA) is 64.1 Å². The molecule has 0 aromatic carbocycles. The van der Waals surface area contributed by atoms with Crippen molar-refractivity contribution in [1.29, 1.82) is 0 Å². The maximum Gasteiger partial charge on any atom is 0.194 e. The fraction of sp³-hybridized carbons (Fsp3) is 0.750. The molecule has 1 fully saturated rings. The third kappa shape index (κ3) is 2.83. The van der Waals surface area contributed by atoms with Crippen LogP contribution in [0.1, 0.15) is 37.3 Å². The molecule has 16 heavy (non-hydrogen) atoms. The number of nitrogens with zero attached hydrogens (tertiary/aromatic N) is 1. The first-order valence-electron chi connectivity index (χ1n) is 6.14. The van der Waals surface area contributed by atoms with Crippen molar-refractivity contribution in [3.63, 3.8) is 0 Å². The quantitative estimate of drug-likeness (QED) is 0.807. The molecule has 1 unspecified atom stereocenters. The second-order valence-electron chi connectivity index (χ2n) is 4.70. The summed E-state index contributed by atoms with van der Waals surface area (Å²) in [5, 5.41) is 3.37. The van der Waals surface area contributed by atoms with Gasteiger partial charge in [-0.1, -0.05) is 6.92 Å². The zero-order valence-electron chi connectivity index (χ0n) is 9.91. The number of nitrogens with two attached hydrogens (primary N) is 1. The summed E-state index contributed by atoms with van der Waals surface area (Å²) in [5.74, 6) is 1.90. The highest BCUT2D eigenvalue weighted by Gasteiger charge is 2.17. The summed E-state index contributed by atoms with van der Waals surface area (Å²) in [7, 11) is 0. The molecule has 4 heteroatoms. The summed E-state index contributed by atoms with van der Waals surface area (Å²) in [5.41, 5.74) is 6.60. The number of piperidine rings is 1. The molecule has 0 amide bonds. The lowest BCUT2D eigenvalue weighted by Gasteiger charge is -2.20. The molecule has 1 aliphatic heterocycles. The van der Waals surface area contributed by atoms with E-state index in [1.54, 1.807) is 6.26 Å². The molecule has 0 spiro atoms. The number of rotatable bonds is 4. The molecule has 1 saturated heterocycles. The maximum atomic E-state index is 5.61. The highest BCUT2D eigenvalue weighted by molar-refractivity contribution is 5.04. The molecule has 1 aliphatic rings. The minimum atomic E-state index is 0.297. The van der Waals surface area contributed by atoms with Gasteiger partial charge in [0, 0.05) is 18.9 Å². The summed E-state index contributed by atoms with van der Waals surface area (Å²) >= 11 is 0. The van der Waals surface area contributed by atoms with Crippen molar-refractivity contribution in [2.45, 2.75) is 32.1 Å². The SMILES string of the molecule is CC(CN)c1coc(CC2CCNCC2)n1. The van der Waals surface area contributed by atoms with Gasteiger partial charge in [0.15, 0.2) is 5.89 Å². The fourth-order valence-corrected chi connectivity index (χ4v) is 2.10. The molecule has 1 atom stereocenters. The lowest BCUT2D eigenvalue weighted by atomic mass is 9.95. The minimum Gasteiger partial charge on any atom is -0.449 e. The normalized spacial score (nSPS) is 19.9. The molecule has 90 valence electrons. The van der Waals surface area contributed by atoms with E-state index in [4.69, 9.17) is 10.2 Å². The molecular weight excluding hydrogens is 202 g/mol. The lowest BCUT2D eigenvalue weighted by Crippen LogP contribution is -2.28. The van der Waals surface area contributed by atoms with Crippen LogP contribution in [0.2, 0.25) is 0 Å². The van der Waals surface area contributed by atoms with E-state index >= 15 is 0 Å². The van der Waals surface area contributed by atoms with E-state index in [2.05, 4.69) is 17.2 Å². The van der Waals surface area contributed by atoms with Crippen LogP contribution in [0.5, 0.6) is 0 Å². The van der Waals surface area contributed by atoms with Crippen LogP contribution in [-0.4, -0.2) is 24.6 Å². The van der Waals surface area contributed by atoms with Crippen molar-refractivity contribution in [3.05, 3.63) is 17.8 Å². The van der Waals surface area contributed by atoms with Gasteiger partial charge in [0.2, 0.25) is 0 Å². The molecule has 0 radical (unpaired) electrons. The van der Waals surface area contributed by atoms with Crippen LogP contribution in [-0.2, 0) is 6.42 Å². The van der Waals surface area contributed by atoms with Gasteiger partial charge in [-0.2, -0.15) is 0 Å². The van der Waals surface area contributed by atoms with Gasteiger partial charge < -0.3 is 15.5 Å². The van der Waals surface area contributed by atoms with Gasteiger partial charge in [-0.25, -0.2) is 4.98 Å². The smallest absolute Gasteiger partial charge is 0.194 e. The van der Waals surface area contributed by atoms with E-state index in [0.29, 0.717) is 12.5 Å². The predicted octanol–water partition coefficient (Wildman–Crippen LogP) is 1.28. The summed E-state index contributed by atoms with van der Waals surface area (Å²) in [6, 6.07) is 0. The van der Waals surface area contributed by atoms with Crippen LogP contribution < -0.4 is 11.1 Å². The van der Waals surface area contributed by atoms with Crippen molar-refractivity contribution in [3.8, 4) is 0 Å². The Kier molecular flexibility index (Phi) is 3.96. The molecule has 1 aromatic heterocycles. The van der Waals surface area contributed by atoms with Crippen molar-refractivity contribution in [1.82, 2.24) is 10.3 Å². The number of nitrogens with one attached hydrogen (secondary N) is 1. The molecule has 3 N–H and O–H groups in total. The summed E-state index contributed by atoms with van der Waals surface area (Å²) in [6.07, 6.45) is 5.18. The van der Waals surface area contributed by atoms with E-state index in [-0.39, 0.29) is 0 Å². The molecule has 1 aromatic rings. The van der Waals surface area contributed by atoms with E-state index in [0.717, 1.165) is 37.0 Å². The Morgan fingerprint density at radius 3 is 3.00 bits per heavy atom. The second kappa shape index (κ2) is 5.46. The van der Waals surface area contributed by atoms with Gasteiger partial charge in [-0.3, -0.25) is 0 Å². The van der Waals surface area contributed by atoms with Crippen molar-refractivity contribution >= 4 is 0 Å². The Morgan fingerprint density at radius 2 is 2.31 bits per heavy atom. The molecule has 2 heterocycles. The van der Waals surface area contributed by atoms with Crippen LogP contribution in [0.25, 0.3) is 0 Å². The van der Waals surface area contributed by atoms with Crippen LogP contribution >= 0.6 is 0 Å². The van der Waals surface area contributed by atoms with Crippen molar-refractivity contribution in [2.24, 2.45) is 11.7 Å². The largest absolute Gasteiger partial charge is 0.449 e. The van der Waals surface area contributed by atoms with Crippen LogP contribution in [0.4, 0.5) is 0 Å². The first-order valence-corrected chi connectivity index (χ1v) is 6.14.